The smallest absolute Gasteiger partial charge is 0.317 e. The molecule has 0 saturated carbocycles. The fraction of sp³-hybridized carbons (Fsp3) is 0.438. The normalized spacial score (nSPS) is 14.9. The minimum absolute atomic E-state index is 0.0199. The fourth-order valence-electron chi connectivity index (χ4n) is 2.70. The van der Waals surface area contributed by atoms with Gasteiger partial charge < -0.3 is 10.2 Å². The Morgan fingerprint density at radius 1 is 1.18 bits per heavy atom. The highest BCUT2D eigenvalue weighted by Crippen LogP contribution is 2.18. The Kier molecular flexibility index (Phi) is 4.37. The zero-order chi connectivity index (χ0) is 15.4. The molecule has 2 amide bonds. The number of carbonyl (C=O) groups excluding carboxylic acids is 1. The number of nitrogens with one attached hydrogen (secondary N) is 1. The van der Waals surface area contributed by atoms with Gasteiger partial charge in [-0.2, -0.15) is 5.10 Å². The molecule has 0 unspecified atom stereocenters. The molecule has 0 aliphatic carbocycles. The van der Waals surface area contributed by atoms with Crippen LogP contribution in [0.25, 0.3) is 11.1 Å². The summed E-state index contributed by atoms with van der Waals surface area (Å²) in [6, 6.07) is 2.06. The van der Waals surface area contributed by atoms with Crippen molar-refractivity contribution in [3.8, 4) is 11.1 Å². The average Bonchev–Trinajstić information content (AvgIpc) is 3.00. The van der Waals surface area contributed by atoms with Gasteiger partial charge in [0.05, 0.1) is 6.20 Å². The van der Waals surface area contributed by atoms with Crippen LogP contribution in [0.1, 0.15) is 24.8 Å². The van der Waals surface area contributed by atoms with Gasteiger partial charge in [-0.05, 0) is 30.9 Å². The van der Waals surface area contributed by atoms with Crippen LogP contribution in [0.4, 0.5) is 4.79 Å². The largest absolute Gasteiger partial charge is 0.334 e. The summed E-state index contributed by atoms with van der Waals surface area (Å²) in [6.07, 6.45) is 10.8. The molecule has 116 valence electrons. The van der Waals surface area contributed by atoms with Crippen molar-refractivity contribution in [2.24, 2.45) is 7.05 Å². The number of hydrogen-bond acceptors (Lipinski definition) is 3. The minimum Gasteiger partial charge on any atom is -0.334 e. The van der Waals surface area contributed by atoms with Crippen LogP contribution >= 0.6 is 0 Å². The molecule has 6 nitrogen and oxygen atoms in total. The van der Waals surface area contributed by atoms with Gasteiger partial charge in [-0.1, -0.05) is 0 Å². The van der Waals surface area contributed by atoms with Gasteiger partial charge >= 0.3 is 6.03 Å². The maximum Gasteiger partial charge on any atom is 0.317 e. The summed E-state index contributed by atoms with van der Waals surface area (Å²) in [5.41, 5.74) is 3.03. The summed E-state index contributed by atoms with van der Waals surface area (Å²) in [5, 5.41) is 7.15. The summed E-state index contributed by atoms with van der Waals surface area (Å²) in [5.74, 6) is 0. The molecule has 2 aromatic rings. The highest BCUT2D eigenvalue weighted by molar-refractivity contribution is 5.74. The van der Waals surface area contributed by atoms with Gasteiger partial charge in [0.2, 0.25) is 0 Å². The van der Waals surface area contributed by atoms with E-state index in [1.165, 1.54) is 6.42 Å². The first-order valence-corrected chi connectivity index (χ1v) is 7.68. The van der Waals surface area contributed by atoms with E-state index in [1.54, 1.807) is 10.9 Å². The van der Waals surface area contributed by atoms with Crippen molar-refractivity contribution in [1.29, 1.82) is 0 Å². The molecule has 0 atom stereocenters. The van der Waals surface area contributed by atoms with Gasteiger partial charge in [0.1, 0.15) is 0 Å². The molecule has 0 radical (unpaired) electrons. The van der Waals surface area contributed by atoms with E-state index in [2.05, 4.69) is 15.4 Å². The number of aromatic nitrogens is 3. The minimum atomic E-state index is 0.0199. The Balaban J connectivity index is 1.62. The highest BCUT2D eigenvalue weighted by atomic mass is 16.2. The lowest BCUT2D eigenvalue weighted by Gasteiger charge is -2.26. The fourth-order valence-corrected chi connectivity index (χ4v) is 2.70. The van der Waals surface area contributed by atoms with E-state index in [9.17, 15) is 4.79 Å². The van der Waals surface area contributed by atoms with Crippen molar-refractivity contribution < 1.29 is 4.79 Å². The number of urea groups is 1. The van der Waals surface area contributed by atoms with Crippen LogP contribution < -0.4 is 5.32 Å². The van der Waals surface area contributed by atoms with E-state index < -0.39 is 0 Å². The van der Waals surface area contributed by atoms with Crippen LogP contribution in [-0.4, -0.2) is 38.8 Å². The summed E-state index contributed by atoms with van der Waals surface area (Å²) in [7, 11) is 1.89. The van der Waals surface area contributed by atoms with Crippen LogP contribution in [0, 0.1) is 0 Å². The third kappa shape index (κ3) is 3.44. The molecule has 3 heterocycles. The van der Waals surface area contributed by atoms with Crippen LogP contribution in [0.5, 0.6) is 0 Å². The zero-order valence-corrected chi connectivity index (χ0v) is 12.8. The van der Waals surface area contributed by atoms with Gasteiger partial charge in [-0.15, -0.1) is 0 Å². The molecule has 1 saturated heterocycles. The number of hydrogen-bond donors (Lipinski definition) is 1. The van der Waals surface area contributed by atoms with Crippen molar-refractivity contribution >= 4 is 6.03 Å². The second-order valence-electron chi connectivity index (χ2n) is 5.69. The summed E-state index contributed by atoms with van der Waals surface area (Å²) < 4.78 is 1.76. The third-order valence-corrected chi connectivity index (χ3v) is 3.92. The quantitative estimate of drug-likeness (QED) is 0.945. The average molecular weight is 299 g/mol. The predicted molar refractivity (Wildman–Crippen MR) is 84.1 cm³/mol. The van der Waals surface area contributed by atoms with Crippen LogP contribution in [0.3, 0.4) is 0 Å². The zero-order valence-electron chi connectivity index (χ0n) is 12.8. The Morgan fingerprint density at radius 3 is 2.73 bits per heavy atom. The molecular weight excluding hydrogens is 278 g/mol. The number of likely N-dealkylation sites (tertiary alicyclic amines) is 1. The van der Waals surface area contributed by atoms with Gasteiger partial charge in [0, 0.05) is 56.4 Å². The summed E-state index contributed by atoms with van der Waals surface area (Å²) >= 11 is 0. The van der Waals surface area contributed by atoms with E-state index in [4.69, 9.17) is 0 Å². The summed E-state index contributed by atoms with van der Waals surface area (Å²) in [6.45, 7) is 2.22. The number of amides is 2. The predicted octanol–water partition coefficient (Wildman–Crippen LogP) is 2.18. The van der Waals surface area contributed by atoms with Crippen molar-refractivity contribution in [2.45, 2.75) is 25.8 Å². The molecule has 3 rings (SSSR count). The van der Waals surface area contributed by atoms with Crippen molar-refractivity contribution in [2.75, 3.05) is 13.1 Å². The molecule has 6 heteroatoms. The number of rotatable bonds is 3. The molecule has 1 N–H and O–H groups in total. The molecule has 2 aromatic heterocycles. The lowest BCUT2D eigenvalue weighted by Crippen LogP contribution is -2.42. The van der Waals surface area contributed by atoms with Crippen molar-refractivity contribution in [1.82, 2.24) is 25.0 Å². The molecule has 0 bridgehead atoms. The summed E-state index contributed by atoms with van der Waals surface area (Å²) in [4.78, 5) is 18.3. The number of aryl methyl sites for hydroxylation is 1. The number of carbonyl (C=O) groups is 1. The van der Waals surface area contributed by atoms with Gasteiger partial charge in [0.25, 0.3) is 0 Å². The first-order valence-electron chi connectivity index (χ1n) is 7.68. The number of piperidine rings is 1. The van der Waals surface area contributed by atoms with Gasteiger partial charge in [-0.3, -0.25) is 9.67 Å². The van der Waals surface area contributed by atoms with Crippen LogP contribution in [0.15, 0.2) is 30.9 Å². The molecular formula is C16H21N5O. The number of nitrogens with zero attached hydrogens (tertiary/aromatic N) is 4. The SMILES string of the molecule is Cn1cc(-c2cncc(CNC(=O)N3CCCCC3)c2)cn1. The lowest BCUT2D eigenvalue weighted by molar-refractivity contribution is 0.186. The first-order chi connectivity index (χ1) is 10.7. The lowest BCUT2D eigenvalue weighted by atomic mass is 10.1. The van der Waals surface area contributed by atoms with E-state index >= 15 is 0 Å². The molecule has 1 aliphatic rings. The van der Waals surface area contributed by atoms with E-state index in [0.29, 0.717) is 6.54 Å². The number of pyridine rings is 1. The van der Waals surface area contributed by atoms with E-state index in [-0.39, 0.29) is 6.03 Å². The van der Waals surface area contributed by atoms with E-state index in [1.807, 2.05) is 36.6 Å². The first kappa shape index (κ1) is 14.6. The molecule has 0 spiro atoms. The van der Waals surface area contributed by atoms with Gasteiger partial charge in [0.15, 0.2) is 0 Å². The Labute approximate surface area is 130 Å². The van der Waals surface area contributed by atoms with Crippen molar-refractivity contribution in [3.05, 3.63) is 36.4 Å². The van der Waals surface area contributed by atoms with Gasteiger partial charge in [-0.25, -0.2) is 4.79 Å². The van der Waals surface area contributed by atoms with E-state index in [0.717, 1.165) is 42.6 Å². The molecule has 1 aliphatic heterocycles. The van der Waals surface area contributed by atoms with Crippen LogP contribution in [0.2, 0.25) is 0 Å². The Hall–Kier alpha value is -2.37. The maximum atomic E-state index is 12.1. The standard InChI is InChI=1S/C16H21N5O/c1-20-12-15(11-19-20)14-7-13(8-17-10-14)9-18-16(22)21-5-3-2-4-6-21/h7-8,10-12H,2-6,9H2,1H3,(H,18,22). The second-order valence-corrected chi connectivity index (χ2v) is 5.69. The Morgan fingerprint density at radius 2 is 2.00 bits per heavy atom. The topological polar surface area (TPSA) is 63.1 Å². The van der Waals surface area contributed by atoms with Crippen LogP contribution in [-0.2, 0) is 13.6 Å². The monoisotopic (exact) mass is 299 g/mol. The molecule has 1 fully saturated rings. The molecule has 22 heavy (non-hydrogen) atoms. The second kappa shape index (κ2) is 6.60. The maximum absolute atomic E-state index is 12.1. The Bertz CT molecular complexity index is 645. The highest BCUT2D eigenvalue weighted by Gasteiger charge is 2.15. The molecule has 0 aromatic carbocycles. The van der Waals surface area contributed by atoms with Crippen molar-refractivity contribution in [3.63, 3.8) is 0 Å². The third-order valence-electron chi connectivity index (χ3n) is 3.92.